The highest BCUT2D eigenvalue weighted by molar-refractivity contribution is 8.24. The minimum atomic E-state index is -3.48. The van der Waals surface area contributed by atoms with Gasteiger partial charge in [-0.2, -0.15) is 0 Å². The zero-order valence-corrected chi connectivity index (χ0v) is 26.7. The molecule has 2 aliphatic heterocycles. The van der Waals surface area contributed by atoms with Crippen molar-refractivity contribution in [2.75, 3.05) is 25.0 Å². The number of fused-ring (bicyclic) bond motifs is 2. The number of hydrogen-bond donors (Lipinski definition) is 5. The molecule has 4 aromatic rings. The van der Waals surface area contributed by atoms with Crippen molar-refractivity contribution in [2.24, 2.45) is 0 Å². The second-order valence-corrected chi connectivity index (χ2v) is 14.3. The molecule has 46 heavy (non-hydrogen) atoms. The first-order chi connectivity index (χ1) is 22.1. The number of anilines is 1. The SMILES string of the molecule is Cc1c(C(=O)NCc2cnc(-c3ccc(OCCCN4CCC[C@H]4C(=O)O)cc3)s2)ccc2c1NC(=O)c1ccccc1S2(O)O. The van der Waals surface area contributed by atoms with Gasteiger partial charge in [0.25, 0.3) is 11.8 Å². The third kappa shape index (κ3) is 6.37. The smallest absolute Gasteiger partial charge is 0.320 e. The number of aromatic nitrogens is 1. The molecule has 0 bridgehead atoms. The summed E-state index contributed by atoms with van der Waals surface area (Å²) in [6, 6.07) is 16.6. The van der Waals surface area contributed by atoms with Crippen LogP contribution in [0.5, 0.6) is 5.75 Å². The van der Waals surface area contributed by atoms with Crippen molar-refractivity contribution in [1.29, 1.82) is 0 Å². The number of aliphatic carboxylic acids is 1. The number of ether oxygens (including phenoxy) is 1. The Hall–Kier alpha value is -4.27. The second-order valence-electron chi connectivity index (χ2n) is 11.2. The van der Waals surface area contributed by atoms with E-state index in [9.17, 15) is 28.6 Å². The van der Waals surface area contributed by atoms with Crippen LogP contribution in [0.2, 0.25) is 0 Å². The summed E-state index contributed by atoms with van der Waals surface area (Å²) in [7, 11) is -3.48. The molecule has 1 saturated heterocycles. The van der Waals surface area contributed by atoms with E-state index in [4.69, 9.17) is 4.74 Å². The molecule has 0 aliphatic carbocycles. The molecule has 11 nitrogen and oxygen atoms in total. The molecule has 3 aromatic carbocycles. The molecule has 240 valence electrons. The van der Waals surface area contributed by atoms with Crippen LogP contribution < -0.4 is 15.4 Å². The van der Waals surface area contributed by atoms with Crippen LogP contribution in [-0.4, -0.2) is 67.6 Å². The Kier molecular flexibility index (Phi) is 9.11. The maximum absolute atomic E-state index is 13.2. The molecule has 6 rings (SSSR count). The summed E-state index contributed by atoms with van der Waals surface area (Å²) < 4.78 is 28.1. The van der Waals surface area contributed by atoms with E-state index in [-0.39, 0.29) is 39.5 Å². The average molecular weight is 663 g/mol. The maximum atomic E-state index is 13.2. The van der Waals surface area contributed by atoms with Gasteiger partial charge in [-0.05, 0) is 86.8 Å². The third-order valence-electron chi connectivity index (χ3n) is 8.24. The summed E-state index contributed by atoms with van der Waals surface area (Å²) in [4.78, 5) is 45.1. The van der Waals surface area contributed by atoms with E-state index in [0.29, 0.717) is 30.7 Å². The highest BCUT2D eigenvalue weighted by Crippen LogP contribution is 2.61. The molecule has 3 heterocycles. The molecule has 0 radical (unpaired) electrons. The van der Waals surface area contributed by atoms with Crippen LogP contribution in [-0.2, 0) is 11.3 Å². The van der Waals surface area contributed by atoms with Gasteiger partial charge in [0.1, 0.15) is 16.8 Å². The first-order valence-corrected chi connectivity index (χ1v) is 17.2. The standard InChI is InChI=1S/C33H34N4O7S2/c1-20-24(13-14-28-29(20)36-31(39)25-6-2-3-8-27(25)46(28,42)43)30(38)34-18-23-19-35-32(45-23)21-9-11-22(12-10-21)44-17-5-16-37-15-4-7-26(37)33(40)41/h2-3,6,8-14,19,26,42-43H,4-5,7,15-18H2,1H3,(H,34,38)(H,36,39)(H,40,41)/t26-/m0/s1. The molecule has 5 N–H and O–H groups in total. The second kappa shape index (κ2) is 13.2. The lowest BCUT2D eigenvalue weighted by Crippen LogP contribution is -2.36. The molecule has 0 spiro atoms. The first-order valence-electron chi connectivity index (χ1n) is 14.9. The van der Waals surface area contributed by atoms with E-state index in [0.717, 1.165) is 40.6 Å². The molecular weight excluding hydrogens is 629 g/mol. The molecule has 0 unspecified atom stereocenters. The highest BCUT2D eigenvalue weighted by atomic mass is 32.3. The van der Waals surface area contributed by atoms with Gasteiger partial charge in [0.15, 0.2) is 0 Å². The highest BCUT2D eigenvalue weighted by Gasteiger charge is 2.33. The van der Waals surface area contributed by atoms with Crippen LogP contribution in [0.1, 0.15) is 50.4 Å². The number of benzene rings is 3. The van der Waals surface area contributed by atoms with Crippen LogP contribution in [0.3, 0.4) is 0 Å². The molecule has 2 amide bonds. The summed E-state index contributed by atoms with van der Waals surface area (Å²) in [6.07, 6.45) is 4.06. The van der Waals surface area contributed by atoms with Gasteiger partial charge in [-0.1, -0.05) is 12.1 Å². The maximum Gasteiger partial charge on any atom is 0.320 e. The van der Waals surface area contributed by atoms with Crippen molar-refractivity contribution in [3.05, 3.63) is 88.4 Å². The topological polar surface area (TPSA) is 161 Å². The van der Waals surface area contributed by atoms with E-state index in [2.05, 4.69) is 15.6 Å². The number of hydrogen-bond acceptors (Lipinski definition) is 9. The first kappa shape index (κ1) is 31.7. The van der Waals surface area contributed by atoms with Gasteiger partial charge < -0.3 is 20.5 Å². The van der Waals surface area contributed by atoms with Crippen molar-refractivity contribution >= 4 is 45.4 Å². The molecule has 1 atom stereocenters. The lowest BCUT2D eigenvalue weighted by atomic mass is 10.1. The van der Waals surface area contributed by atoms with Crippen LogP contribution >= 0.6 is 21.9 Å². The largest absolute Gasteiger partial charge is 0.494 e. The number of nitrogens with one attached hydrogen (secondary N) is 2. The Morgan fingerprint density at radius 1 is 1.11 bits per heavy atom. The number of carboxylic acids is 1. The van der Waals surface area contributed by atoms with Crippen molar-refractivity contribution < 1.29 is 33.3 Å². The predicted octanol–water partition coefficient (Wildman–Crippen LogP) is 6.10. The Labute approximate surface area is 271 Å². The van der Waals surface area contributed by atoms with Crippen LogP contribution in [0.25, 0.3) is 10.6 Å². The number of likely N-dealkylation sites (tertiary alicyclic amines) is 1. The van der Waals surface area contributed by atoms with E-state index in [1.807, 2.05) is 29.2 Å². The zero-order valence-electron chi connectivity index (χ0n) is 25.1. The van der Waals surface area contributed by atoms with Gasteiger partial charge >= 0.3 is 5.97 Å². The quantitative estimate of drug-likeness (QED) is 0.126. The molecule has 0 saturated carbocycles. The minimum Gasteiger partial charge on any atom is -0.494 e. The average Bonchev–Trinajstić information content (AvgIpc) is 3.71. The Balaban J connectivity index is 1.05. The molecule has 1 fully saturated rings. The van der Waals surface area contributed by atoms with Gasteiger partial charge in [0.05, 0.1) is 34.2 Å². The third-order valence-corrected chi connectivity index (χ3v) is 11.2. The Morgan fingerprint density at radius 2 is 1.89 bits per heavy atom. The van der Waals surface area contributed by atoms with Crippen molar-refractivity contribution in [2.45, 2.75) is 48.6 Å². The minimum absolute atomic E-state index is 0.149. The zero-order chi connectivity index (χ0) is 32.4. The molecule has 1 aromatic heterocycles. The van der Waals surface area contributed by atoms with Crippen LogP contribution in [0.15, 0.2) is 76.7 Å². The fourth-order valence-electron chi connectivity index (χ4n) is 5.84. The van der Waals surface area contributed by atoms with Crippen molar-refractivity contribution in [3.8, 4) is 16.3 Å². The van der Waals surface area contributed by atoms with E-state index >= 15 is 0 Å². The fraction of sp³-hybridized carbons (Fsp3) is 0.273. The normalized spacial score (nSPS) is 17.7. The van der Waals surface area contributed by atoms with Gasteiger partial charge in [-0.15, -0.1) is 21.9 Å². The number of carbonyl (C=O) groups is 3. The summed E-state index contributed by atoms with van der Waals surface area (Å²) in [6.45, 7) is 3.90. The summed E-state index contributed by atoms with van der Waals surface area (Å²) in [5.41, 5.74) is 2.05. The molecular formula is C33H34N4O7S2. The van der Waals surface area contributed by atoms with Gasteiger partial charge in [0.2, 0.25) is 0 Å². The van der Waals surface area contributed by atoms with Gasteiger partial charge in [-0.3, -0.25) is 28.4 Å². The number of thiazole rings is 1. The summed E-state index contributed by atoms with van der Waals surface area (Å²) in [5, 5.41) is 15.8. The summed E-state index contributed by atoms with van der Waals surface area (Å²) in [5.74, 6) is -0.873. The van der Waals surface area contributed by atoms with Crippen molar-refractivity contribution in [3.63, 3.8) is 0 Å². The Bertz CT molecular complexity index is 1790. The summed E-state index contributed by atoms with van der Waals surface area (Å²) >= 11 is 1.45. The number of rotatable bonds is 10. The fourth-order valence-corrected chi connectivity index (χ4v) is 8.41. The van der Waals surface area contributed by atoms with E-state index < -0.39 is 22.5 Å². The van der Waals surface area contributed by atoms with Crippen molar-refractivity contribution in [1.82, 2.24) is 15.2 Å². The van der Waals surface area contributed by atoms with Crippen LogP contribution in [0.4, 0.5) is 5.69 Å². The number of carboxylic acid groups (broad SMARTS) is 1. The predicted molar refractivity (Wildman–Crippen MR) is 176 cm³/mol. The lowest BCUT2D eigenvalue weighted by Gasteiger charge is -2.33. The van der Waals surface area contributed by atoms with Crippen LogP contribution in [0, 0.1) is 6.92 Å². The monoisotopic (exact) mass is 662 g/mol. The number of carbonyl (C=O) groups excluding carboxylic acids is 2. The number of nitrogens with zero attached hydrogens (tertiary/aromatic N) is 2. The lowest BCUT2D eigenvalue weighted by molar-refractivity contribution is -0.142. The van der Waals surface area contributed by atoms with E-state index in [1.165, 1.54) is 29.5 Å². The molecule has 13 heteroatoms. The van der Waals surface area contributed by atoms with E-state index in [1.54, 1.807) is 31.3 Å². The molecule has 2 aliphatic rings. The Morgan fingerprint density at radius 3 is 2.67 bits per heavy atom. The van der Waals surface area contributed by atoms with Gasteiger partial charge in [-0.25, -0.2) is 4.98 Å². The number of amides is 2. The van der Waals surface area contributed by atoms with Gasteiger partial charge in [0, 0.05) is 28.7 Å².